The van der Waals surface area contributed by atoms with Crippen molar-refractivity contribution in [2.24, 2.45) is 0 Å². The third-order valence-corrected chi connectivity index (χ3v) is 6.43. The van der Waals surface area contributed by atoms with Gasteiger partial charge in [-0.2, -0.15) is 0 Å². The van der Waals surface area contributed by atoms with Crippen molar-refractivity contribution < 1.29 is 9.59 Å². The zero-order chi connectivity index (χ0) is 21.6. The summed E-state index contributed by atoms with van der Waals surface area (Å²) in [6.45, 7) is 0. The molecule has 9 heteroatoms. The Morgan fingerprint density at radius 3 is 2.45 bits per heavy atom. The molecular formula is C22H22ClN5O2S. The largest absolute Gasteiger partial charge is 0.299 e. The fourth-order valence-corrected chi connectivity index (χ4v) is 4.67. The first-order chi connectivity index (χ1) is 15.1. The molecule has 2 N–H and O–H groups in total. The number of thioether (sulfide) groups is 1. The first-order valence-corrected chi connectivity index (χ1v) is 11.5. The van der Waals surface area contributed by atoms with Crippen LogP contribution < -0.4 is 10.9 Å². The van der Waals surface area contributed by atoms with Crippen LogP contribution >= 0.6 is 23.4 Å². The summed E-state index contributed by atoms with van der Waals surface area (Å²) >= 11 is 7.70. The second-order valence-corrected chi connectivity index (χ2v) is 8.60. The van der Waals surface area contributed by atoms with E-state index in [4.69, 9.17) is 11.6 Å². The number of nitrogens with zero attached hydrogens (tertiary/aromatic N) is 3. The lowest BCUT2D eigenvalue weighted by Gasteiger charge is -2.17. The molecule has 7 nitrogen and oxygen atoms in total. The number of aromatic nitrogens is 3. The fourth-order valence-electron chi connectivity index (χ4n) is 3.65. The van der Waals surface area contributed by atoms with E-state index in [-0.39, 0.29) is 23.6 Å². The standard InChI is InChI=1S/C22H22ClN5O2S/c23-18-13-7-6-12-17(18)20-25-27-22(28(20)16-10-4-5-11-16)31-14-19(29)24-26-21(30)15-8-2-1-3-9-15/h1-3,6-9,12-13,16H,4-5,10-11,14H2,(H,24,29)(H,26,30). The first-order valence-electron chi connectivity index (χ1n) is 10.1. The number of carbonyl (C=O) groups excluding carboxylic acids is 2. The van der Waals surface area contributed by atoms with Crippen molar-refractivity contribution in [3.63, 3.8) is 0 Å². The molecule has 1 fully saturated rings. The lowest BCUT2D eigenvalue weighted by Crippen LogP contribution is -2.42. The summed E-state index contributed by atoms with van der Waals surface area (Å²) in [7, 11) is 0. The Balaban J connectivity index is 1.44. The monoisotopic (exact) mass is 455 g/mol. The number of halogens is 1. The van der Waals surface area contributed by atoms with Gasteiger partial charge in [0, 0.05) is 17.2 Å². The predicted octanol–water partition coefficient (Wildman–Crippen LogP) is 4.27. The average Bonchev–Trinajstić information content (AvgIpc) is 3.46. The smallest absolute Gasteiger partial charge is 0.269 e. The highest BCUT2D eigenvalue weighted by Gasteiger charge is 2.26. The number of amides is 2. The van der Waals surface area contributed by atoms with Crippen LogP contribution in [0.2, 0.25) is 5.02 Å². The lowest BCUT2D eigenvalue weighted by molar-refractivity contribution is -0.119. The number of nitrogens with one attached hydrogen (secondary N) is 2. The molecule has 2 amide bonds. The maximum Gasteiger partial charge on any atom is 0.269 e. The van der Waals surface area contributed by atoms with Gasteiger partial charge in [0.05, 0.1) is 10.8 Å². The molecule has 1 heterocycles. The van der Waals surface area contributed by atoms with E-state index in [1.165, 1.54) is 11.8 Å². The number of rotatable bonds is 6. The van der Waals surface area contributed by atoms with Gasteiger partial charge in [-0.3, -0.25) is 25.0 Å². The van der Waals surface area contributed by atoms with Crippen LogP contribution in [0.1, 0.15) is 42.1 Å². The molecule has 3 aromatic rings. The topological polar surface area (TPSA) is 88.9 Å². The van der Waals surface area contributed by atoms with Crippen LogP contribution in [-0.4, -0.2) is 32.3 Å². The minimum absolute atomic E-state index is 0.0996. The van der Waals surface area contributed by atoms with Gasteiger partial charge in [-0.05, 0) is 37.1 Å². The van der Waals surface area contributed by atoms with Crippen molar-refractivity contribution in [1.29, 1.82) is 0 Å². The van der Waals surface area contributed by atoms with Gasteiger partial charge in [0.15, 0.2) is 11.0 Å². The molecule has 0 spiro atoms. The maximum atomic E-state index is 12.3. The van der Waals surface area contributed by atoms with Gasteiger partial charge < -0.3 is 0 Å². The van der Waals surface area contributed by atoms with Crippen molar-refractivity contribution >= 4 is 35.2 Å². The molecule has 1 aromatic heterocycles. The zero-order valence-electron chi connectivity index (χ0n) is 16.8. The summed E-state index contributed by atoms with van der Waals surface area (Å²) in [6, 6.07) is 16.5. The molecule has 160 valence electrons. The van der Waals surface area contributed by atoms with Crippen LogP contribution in [0, 0.1) is 0 Å². The summed E-state index contributed by atoms with van der Waals surface area (Å²) in [5.41, 5.74) is 6.18. The van der Waals surface area contributed by atoms with Crippen molar-refractivity contribution in [2.75, 3.05) is 5.75 Å². The highest BCUT2D eigenvalue weighted by Crippen LogP contribution is 2.38. The van der Waals surface area contributed by atoms with E-state index in [9.17, 15) is 9.59 Å². The zero-order valence-corrected chi connectivity index (χ0v) is 18.3. The molecule has 0 bridgehead atoms. The summed E-state index contributed by atoms with van der Waals surface area (Å²) in [4.78, 5) is 24.4. The van der Waals surface area contributed by atoms with Gasteiger partial charge in [-0.1, -0.05) is 66.5 Å². The van der Waals surface area contributed by atoms with E-state index in [0.29, 0.717) is 15.7 Å². The van der Waals surface area contributed by atoms with Gasteiger partial charge in [-0.25, -0.2) is 0 Å². The van der Waals surface area contributed by atoms with Crippen molar-refractivity contribution in [3.8, 4) is 11.4 Å². The second-order valence-electron chi connectivity index (χ2n) is 7.25. The molecular weight excluding hydrogens is 434 g/mol. The summed E-state index contributed by atoms with van der Waals surface area (Å²) < 4.78 is 2.11. The molecule has 0 unspecified atom stereocenters. The Morgan fingerprint density at radius 2 is 1.71 bits per heavy atom. The summed E-state index contributed by atoms with van der Waals surface area (Å²) in [6.07, 6.45) is 4.40. The summed E-state index contributed by atoms with van der Waals surface area (Å²) in [5.74, 6) is 0.129. The van der Waals surface area contributed by atoms with Gasteiger partial charge in [0.25, 0.3) is 5.91 Å². The van der Waals surface area contributed by atoms with E-state index in [1.807, 2.05) is 30.3 Å². The van der Waals surface area contributed by atoms with E-state index >= 15 is 0 Å². The molecule has 31 heavy (non-hydrogen) atoms. The second kappa shape index (κ2) is 9.98. The fraction of sp³-hybridized carbons (Fsp3) is 0.273. The lowest BCUT2D eigenvalue weighted by atomic mass is 10.2. The predicted molar refractivity (Wildman–Crippen MR) is 121 cm³/mol. The molecule has 1 aliphatic carbocycles. The van der Waals surface area contributed by atoms with E-state index in [2.05, 4.69) is 25.6 Å². The molecule has 2 aromatic carbocycles. The molecule has 1 aliphatic rings. The Kier molecular flexibility index (Phi) is 6.89. The highest BCUT2D eigenvalue weighted by molar-refractivity contribution is 7.99. The van der Waals surface area contributed by atoms with E-state index < -0.39 is 0 Å². The Morgan fingerprint density at radius 1 is 1.00 bits per heavy atom. The van der Waals surface area contributed by atoms with Crippen molar-refractivity contribution in [3.05, 3.63) is 65.2 Å². The number of hydrazine groups is 1. The van der Waals surface area contributed by atoms with E-state index in [1.54, 1.807) is 24.3 Å². The Labute approximate surface area is 189 Å². The minimum Gasteiger partial charge on any atom is -0.299 e. The number of benzene rings is 2. The first kappa shape index (κ1) is 21.4. The Bertz CT molecular complexity index is 1070. The molecule has 0 atom stereocenters. The third kappa shape index (κ3) is 5.08. The average molecular weight is 456 g/mol. The molecule has 4 rings (SSSR count). The van der Waals surface area contributed by atoms with Crippen LogP contribution in [0.5, 0.6) is 0 Å². The van der Waals surface area contributed by atoms with Crippen molar-refractivity contribution in [2.45, 2.75) is 36.9 Å². The van der Waals surface area contributed by atoms with Crippen LogP contribution in [0.15, 0.2) is 59.8 Å². The van der Waals surface area contributed by atoms with Gasteiger partial charge >= 0.3 is 0 Å². The quantitative estimate of drug-likeness (QED) is 0.428. The summed E-state index contributed by atoms with van der Waals surface area (Å²) in [5, 5.41) is 10.0. The van der Waals surface area contributed by atoms with Crippen LogP contribution in [-0.2, 0) is 4.79 Å². The number of hydrogen-bond donors (Lipinski definition) is 2. The van der Waals surface area contributed by atoms with E-state index in [0.717, 1.165) is 37.1 Å². The minimum atomic E-state index is -0.367. The highest BCUT2D eigenvalue weighted by atomic mass is 35.5. The number of hydrogen-bond acceptors (Lipinski definition) is 5. The van der Waals surface area contributed by atoms with Crippen LogP contribution in [0.25, 0.3) is 11.4 Å². The maximum absolute atomic E-state index is 12.3. The van der Waals surface area contributed by atoms with Crippen LogP contribution in [0.4, 0.5) is 0 Å². The molecule has 0 saturated heterocycles. The molecule has 0 radical (unpaired) electrons. The van der Waals surface area contributed by atoms with Gasteiger partial charge in [0.1, 0.15) is 0 Å². The van der Waals surface area contributed by atoms with Gasteiger partial charge in [0.2, 0.25) is 5.91 Å². The normalized spacial score (nSPS) is 13.8. The molecule has 1 saturated carbocycles. The third-order valence-electron chi connectivity index (χ3n) is 5.15. The van der Waals surface area contributed by atoms with Gasteiger partial charge in [-0.15, -0.1) is 10.2 Å². The van der Waals surface area contributed by atoms with Crippen molar-refractivity contribution in [1.82, 2.24) is 25.6 Å². The number of carbonyl (C=O) groups is 2. The molecule has 0 aliphatic heterocycles. The Hall–Kier alpha value is -2.84. The SMILES string of the molecule is O=C(CSc1nnc(-c2ccccc2Cl)n1C1CCCC1)NNC(=O)c1ccccc1. The van der Waals surface area contributed by atoms with Crippen LogP contribution in [0.3, 0.4) is 0 Å².